The second-order valence-corrected chi connectivity index (χ2v) is 6.57. The minimum Gasteiger partial charge on any atom is -0.396 e. The van der Waals surface area contributed by atoms with Crippen molar-refractivity contribution in [1.82, 2.24) is 15.6 Å². The molecule has 0 fully saturated rings. The van der Waals surface area contributed by atoms with Crippen LogP contribution in [0.25, 0.3) is 22.2 Å². The molecule has 5 N–H and O–H groups in total. The van der Waals surface area contributed by atoms with Gasteiger partial charge in [0, 0.05) is 40.7 Å². The number of nitrogens with one attached hydrogen (secondary N) is 3. The molecule has 2 aliphatic rings. The van der Waals surface area contributed by atoms with E-state index in [4.69, 9.17) is 5.73 Å². The Balaban J connectivity index is 0.00000180. The third kappa shape index (κ3) is 3.02. The van der Waals surface area contributed by atoms with Crippen molar-refractivity contribution in [2.75, 3.05) is 31.9 Å². The molecule has 2 aliphatic heterocycles. The number of aromatic amines is 1. The standard InChI is InChI=1S/C20H20N6.ClH/c21-17-15-6-5-14(20-24-9-10-25-20)11-16(15)26-18(17)12-1-3-13(4-2-12)19-22-7-8-23-19;/h1-6,11,26H,7-10,21H2,(H,22,23)(H,24,25);1H. The van der Waals surface area contributed by atoms with Crippen LogP contribution in [0.15, 0.2) is 52.4 Å². The lowest BCUT2D eigenvalue weighted by atomic mass is 10.1. The molecule has 0 saturated heterocycles. The SMILES string of the molecule is Cl.Nc1c(-c2ccc(C3=NCCN3)cc2)[nH]c2cc(C3=NCCN3)ccc12. The Kier molecular flexibility index (Phi) is 4.49. The smallest absolute Gasteiger partial charge is 0.128 e. The number of aromatic nitrogens is 1. The summed E-state index contributed by atoms with van der Waals surface area (Å²) in [6.45, 7) is 3.49. The van der Waals surface area contributed by atoms with E-state index in [1.165, 1.54) is 0 Å². The van der Waals surface area contributed by atoms with E-state index in [0.717, 1.165) is 76.8 Å². The number of nitrogens with two attached hydrogens (primary N) is 1. The lowest BCUT2D eigenvalue weighted by molar-refractivity contribution is 0.960. The van der Waals surface area contributed by atoms with Crippen LogP contribution in [0.5, 0.6) is 0 Å². The molecule has 27 heavy (non-hydrogen) atoms. The molecule has 2 aromatic carbocycles. The topological polar surface area (TPSA) is 90.6 Å². The molecule has 0 aliphatic carbocycles. The lowest BCUT2D eigenvalue weighted by Gasteiger charge is -2.05. The van der Waals surface area contributed by atoms with Gasteiger partial charge in [-0.05, 0) is 6.07 Å². The number of anilines is 1. The number of benzene rings is 2. The van der Waals surface area contributed by atoms with Gasteiger partial charge in [0.25, 0.3) is 0 Å². The zero-order valence-electron chi connectivity index (χ0n) is 14.7. The van der Waals surface area contributed by atoms with Crippen LogP contribution in [-0.2, 0) is 0 Å². The zero-order valence-corrected chi connectivity index (χ0v) is 15.6. The average Bonchev–Trinajstić information content (AvgIpc) is 3.43. The van der Waals surface area contributed by atoms with E-state index in [1.54, 1.807) is 0 Å². The number of halogens is 1. The molecule has 3 aromatic rings. The molecule has 138 valence electrons. The summed E-state index contributed by atoms with van der Waals surface area (Å²) in [7, 11) is 0. The Morgan fingerprint density at radius 2 is 1.37 bits per heavy atom. The van der Waals surface area contributed by atoms with Gasteiger partial charge in [0.15, 0.2) is 0 Å². The summed E-state index contributed by atoms with van der Waals surface area (Å²) in [4.78, 5) is 12.4. The highest BCUT2D eigenvalue weighted by Gasteiger charge is 2.14. The van der Waals surface area contributed by atoms with Crippen molar-refractivity contribution in [3.8, 4) is 11.3 Å². The number of H-pyrrole nitrogens is 1. The number of hydrogen-bond donors (Lipinski definition) is 4. The van der Waals surface area contributed by atoms with Gasteiger partial charge < -0.3 is 21.4 Å². The highest BCUT2D eigenvalue weighted by Crippen LogP contribution is 2.33. The molecule has 3 heterocycles. The number of fused-ring (bicyclic) bond motifs is 1. The second kappa shape index (κ2) is 6.96. The van der Waals surface area contributed by atoms with Crippen molar-refractivity contribution in [3.63, 3.8) is 0 Å². The maximum atomic E-state index is 6.42. The first-order chi connectivity index (χ1) is 12.8. The summed E-state index contributed by atoms with van der Waals surface area (Å²) in [5.74, 6) is 1.92. The Hall–Kier alpha value is -2.99. The predicted molar refractivity (Wildman–Crippen MR) is 114 cm³/mol. The summed E-state index contributed by atoms with van der Waals surface area (Å²) in [5.41, 5.74) is 12.4. The molecule has 6 nitrogen and oxygen atoms in total. The summed E-state index contributed by atoms with van der Waals surface area (Å²) in [6.07, 6.45) is 0. The monoisotopic (exact) mass is 380 g/mol. The van der Waals surface area contributed by atoms with Gasteiger partial charge in [0.2, 0.25) is 0 Å². The fraction of sp³-hybridized carbons (Fsp3) is 0.200. The van der Waals surface area contributed by atoms with Crippen LogP contribution in [0.2, 0.25) is 0 Å². The van der Waals surface area contributed by atoms with Crippen LogP contribution in [0.3, 0.4) is 0 Å². The van der Waals surface area contributed by atoms with Gasteiger partial charge in [-0.25, -0.2) is 0 Å². The van der Waals surface area contributed by atoms with Crippen LogP contribution in [-0.4, -0.2) is 42.8 Å². The van der Waals surface area contributed by atoms with E-state index in [9.17, 15) is 0 Å². The average molecular weight is 381 g/mol. The molecule has 0 amide bonds. The van der Waals surface area contributed by atoms with Crippen molar-refractivity contribution in [2.45, 2.75) is 0 Å². The fourth-order valence-electron chi connectivity index (χ4n) is 3.57. The van der Waals surface area contributed by atoms with Crippen molar-refractivity contribution in [1.29, 1.82) is 0 Å². The van der Waals surface area contributed by atoms with Gasteiger partial charge in [-0.2, -0.15) is 0 Å². The van der Waals surface area contributed by atoms with Crippen molar-refractivity contribution < 1.29 is 0 Å². The third-order valence-corrected chi connectivity index (χ3v) is 4.91. The molecule has 0 atom stereocenters. The predicted octanol–water partition coefficient (Wildman–Crippen LogP) is 2.54. The van der Waals surface area contributed by atoms with Gasteiger partial charge >= 0.3 is 0 Å². The Morgan fingerprint density at radius 1 is 0.778 bits per heavy atom. The minimum atomic E-state index is 0. The largest absolute Gasteiger partial charge is 0.396 e. The maximum absolute atomic E-state index is 6.42. The van der Waals surface area contributed by atoms with Gasteiger partial charge in [-0.1, -0.05) is 36.4 Å². The van der Waals surface area contributed by atoms with Crippen molar-refractivity contribution in [3.05, 3.63) is 53.6 Å². The Morgan fingerprint density at radius 3 is 2.00 bits per heavy atom. The highest BCUT2D eigenvalue weighted by atomic mass is 35.5. The van der Waals surface area contributed by atoms with Crippen LogP contribution < -0.4 is 16.4 Å². The van der Waals surface area contributed by atoms with Crippen LogP contribution in [0.1, 0.15) is 11.1 Å². The van der Waals surface area contributed by atoms with Gasteiger partial charge in [-0.15, -0.1) is 12.4 Å². The van der Waals surface area contributed by atoms with Crippen LogP contribution in [0, 0.1) is 0 Å². The van der Waals surface area contributed by atoms with Crippen LogP contribution >= 0.6 is 12.4 Å². The number of amidine groups is 2. The van der Waals surface area contributed by atoms with E-state index >= 15 is 0 Å². The van der Waals surface area contributed by atoms with Gasteiger partial charge in [0.05, 0.1) is 24.5 Å². The minimum absolute atomic E-state index is 0. The number of hydrogen-bond acceptors (Lipinski definition) is 5. The van der Waals surface area contributed by atoms with E-state index in [0.29, 0.717) is 0 Å². The van der Waals surface area contributed by atoms with Crippen LogP contribution in [0.4, 0.5) is 5.69 Å². The first kappa shape index (κ1) is 17.4. The van der Waals surface area contributed by atoms with Crippen molar-refractivity contribution >= 4 is 40.7 Å². The Bertz CT molecular complexity index is 1050. The number of nitrogens with zero attached hydrogens (tertiary/aromatic N) is 2. The molecule has 0 saturated carbocycles. The molecule has 0 radical (unpaired) electrons. The molecule has 1 aromatic heterocycles. The molecule has 0 bridgehead atoms. The fourth-order valence-corrected chi connectivity index (χ4v) is 3.57. The Labute approximate surface area is 163 Å². The second-order valence-electron chi connectivity index (χ2n) is 6.57. The number of rotatable bonds is 3. The van der Waals surface area contributed by atoms with E-state index in [1.807, 2.05) is 0 Å². The van der Waals surface area contributed by atoms with Gasteiger partial charge in [-0.3, -0.25) is 9.98 Å². The summed E-state index contributed by atoms with van der Waals surface area (Å²) in [5, 5.41) is 7.65. The van der Waals surface area contributed by atoms with Crippen molar-refractivity contribution in [2.24, 2.45) is 9.98 Å². The number of aliphatic imine (C=N–C) groups is 2. The molecule has 7 heteroatoms. The van der Waals surface area contributed by atoms with E-state index in [-0.39, 0.29) is 12.4 Å². The lowest BCUT2D eigenvalue weighted by Crippen LogP contribution is -2.19. The first-order valence-corrected chi connectivity index (χ1v) is 8.88. The molecular formula is C20H21ClN6. The summed E-state index contributed by atoms with van der Waals surface area (Å²) in [6, 6.07) is 14.6. The van der Waals surface area contributed by atoms with Gasteiger partial charge in [0.1, 0.15) is 11.7 Å². The molecular weight excluding hydrogens is 360 g/mol. The molecule has 0 spiro atoms. The quantitative estimate of drug-likeness (QED) is 0.562. The summed E-state index contributed by atoms with van der Waals surface area (Å²) >= 11 is 0. The normalized spacial score (nSPS) is 15.7. The summed E-state index contributed by atoms with van der Waals surface area (Å²) < 4.78 is 0. The highest BCUT2D eigenvalue weighted by molar-refractivity contribution is 6.06. The molecule has 5 rings (SSSR count). The first-order valence-electron chi connectivity index (χ1n) is 8.88. The zero-order chi connectivity index (χ0) is 17.5. The third-order valence-electron chi connectivity index (χ3n) is 4.91. The maximum Gasteiger partial charge on any atom is 0.128 e. The molecule has 0 unspecified atom stereocenters. The number of nitrogen functional groups attached to an aromatic ring is 1. The van der Waals surface area contributed by atoms with E-state index < -0.39 is 0 Å². The van der Waals surface area contributed by atoms with E-state index in [2.05, 4.69) is 68.1 Å².